The van der Waals surface area contributed by atoms with E-state index in [9.17, 15) is 24.6 Å². The molecule has 3 fully saturated rings. The number of rotatable bonds is 3. The lowest BCUT2D eigenvalue weighted by atomic mass is 9.46. The predicted molar refractivity (Wildman–Crippen MR) is 104 cm³/mol. The van der Waals surface area contributed by atoms with Crippen molar-refractivity contribution in [2.45, 2.75) is 45.6 Å². The topological polar surface area (TPSA) is 101 Å². The number of carbonyl (C=O) groups is 3. The van der Waals surface area contributed by atoms with Gasteiger partial charge < -0.3 is 14.9 Å². The molecule has 6 nitrogen and oxygen atoms in total. The minimum atomic E-state index is -0.654. The van der Waals surface area contributed by atoms with E-state index < -0.39 is 41.3 Å². The van der Waals surface area contributed by atoms with Gasteiger partial charge in [-0.15, -0.1) is 0 Å². The lowest BCUT2D eigenvalue weighted by molar-refractivity contribution is -0.154. The lowest BCUT2D eigenvalue weighted by Gasteiger charge is -2.58. The number of fused-ring (bicyclic) bond motifs is 5. The fourth-order valence-electron chi connectivity index (χ4n) is 7.45. The average Bonchev–Trinajstić information content (AvgIpc) is 2.99. The zero-order chi connectivity index (χ0) is 21.1. The zero-order valence-electron chi connectivity index (χ0n) is 17.3. The second-order valence-corrected chi connectivity index (χ2v) is 9.77. The molecule has 2 N–H and O–H groups in total. The van der Waals surface area contributed by atoms with Gasteiger partial charge in [0.15, 0.2) is 11.6 Å². The first-order valence-electron chi connectivity index (χ1n) is 10.5. The standard InChI is InChI=1S/C23H30O6/c1-22-7-6-13(25)8-12(22)4-5-14-16-9-15(21(28)29-3)20(18(27)11-24)23(16,2)10-17(26)19(14)22/h6-8,14-17,19-20,24,26H,4-5,9-11H2,1-3H3/t14-,15+,16-,17-,19+,20?,22-,23-/m0/s1. The van der Waals surface area contributed by atoms with Crippen molar-refractivity contribution in [2.24, 2.45) is 40.4 Å². The molecule has 8 atom stereocenters. The van der Waals surface area contributed by atoms with Gasteiger partial charge in [-0.1, -0.05) is 25.5 Å². The summed E-state index contributed by atoms with van der Waals surface area (Å²) in [7, 11) is 1.33. The predicted octanol–water partition coefficient (Wildman–Crippen LogP) is 1.84. The number of methoxy groups -OCH3 is 1. The van der Waals surface area contributed by atoms with Crippen LogP contribution in [0.4, 0.5) is 0 Å². The van der Waals surface area contributed by atoms with Crippen LogP contribution in [0.1, 0.15) is 39.5 Å². The van der Waals surface area contributed by atoms with Gasteiger partial charge in [-0.3, -0.25) is 14.4 Å². The molecule has 0 saturated heterocycles. The third kappa shape index (κ3) is 2.79. The van der Waals surface area contributed by atoms with Crippen molar-refractivity contribution in [3.63, 3.8) is 0 Å². The first-order valence-corrected chi connectivity index (χ1v) is 10.5. The summed E-state index contributed by atoms with van der Waals surface area (Å²) in [6.45, 7) is 3.47. The molecule has 1 unspecified atom stereocenters. The van der Waals surface area contributed by atoms with Gasteiger partial charge in [-0.25, -0.2) is 0 Å². The van der Waals surface area contributed by atoms with E-state index in [0.29, 0.717) is 12.8 Å². The number of Topliss-reactive ketones (excluding diaryl/α,β-unsaturated/α-hetero) is 1. The second kappa shape index (κ2) is 6.88. The molecular weight excluding hydrogens is 372 g/mol. The minimum absolute atomic E-state index is 0.00806. The van der Waals surface area contributed by atoms with E-state index in [4.69, 9.17) is 4.74 Å². The quantitative estimate of drug-likeness (QED) is 0.699. The third-order valence-electron chi connectivity index (χ3n) is 8.56. The Hall–Kier alpha value is -1.79. The van der Waals surface area contributed by atoms with E-state index in [1.807, 2.05) is 13.0 Å². The molecule has 29 heavy (non-hydrogen) atoms. The smallest absolute Gasteiger partial charge is 0.309 e. The summed E-state index contributed by atoms with van der Waals surface area (Å²) in [5, 5.41) is 20.9. The largest absolute Gasteiger partial charge is 0.469 e. The van der Waals surface area contributed by atoms with E-state index in [1.165, 1.54) is 7.11 Å². The second-order valence-electron chi connectivity index (χ2n) is 9.77. The molecule has 3 saturated carbocycles. The molecule has 4 rings (SSSR count). The average molecular weight is 402 g/mol. The highest BCUT2D eigenvalue weighted by atomic mass is 16.5. The number of ketones is 2. The molecule has 4 aliphatic carbocycles. The van der Waals surface area contributed by atoms with Crippen molar-refractivity contribution in [1.82, 2.24) is 0 Å². The maximum atomic E-state index is 12.7. The zero-order valence-corrected chi connectivity index (χ0v) is 17.3. The third-order valence-corrected chi connectivity index (χ3v) is 8.56. The van der Waals surface area contributed by atoms with Gasteiger partial charge in [0, 0.05) is 17.3 Å². The summed E-state index contributed by atoms with van der Waals surface area (Å²) < 4.78 is 5.00. The Morgan fingerprint density at radius 1 is 1.31 bits per heavy atom. The molecule has 0 spiro atoms. The van der Waals surface area contributed by atoms with Gasteiger partial charge in [0.2, 0.25) is 0 Å². The molecule has 0 aromatic heterocycles. The summed E-state index contributed by atoms with van der Waals surface area (Å²) in [6, 6.07) is 0. The first kappa shape index (κ1) is 20.5. The highest BCUT2D eigenvalue weighted by molar-refractivity contribution is 6.01. The normalized spacial score (nSPS) is 45.7. The van der Waals surface area contributed by atoms with Crippen LogP contribution in [0.2, 0.25) is 0 Å². The summed E-state index contributed by atoms with van der Waals surface area (Å²) in [5.41, 5.74) is 0.113. The maximum Gasteiger partial charge on any atom is 0.309 e. The number of aliphatic hydroxyl groups is 2. The lowest BCUT2D eigenvalue weighted by Crippen LogP contribution is -2.56. The van der Waals surface area contributed by atoms with Crippen molar-refractivity contribution >= 4 is 17.5 Å². The number of aliphatic hydroxyl groups excluding tert-OH is 2. The van der Waals surface area contributed by atoms with Gasteiger partial charge in [0.1, 0.15) is 6.61 Å². The van der Waals surface area contributed by atoms with Crippen LogP contribution in [0, 0.1) is 40.4 Å². The van der Waals surface area contributed by atoms with Crippen molar-refractivity contribution in [3.05, 3.63) is 23.8 Å². The van der Waals surface area contributed by atoms with Crippen LogP contribution in [0.3, 0.4) is 0 Å². The number of esters is 1. The highest BCUT2D eigenvalue weighted by Crippen LogP contribution is 2.67. The Bertz CT molecular complexity index is 812. The number of hydrogen-bond donors (Lipinski definition) is 2. The van der Waals surface area contributed by atoms with Crippen LogP contribution in [0.15, 0.2) is 23.8 Å². The highest BCUT2D eigenvalue weighted by Gasteiger charge is 2.66. The monoisotopic (exact) mass is 402 g/mol. The minimum Gasteiger partial charge on any atom is -0.469 e. The van der Waals surface area contributed by atoms with E-state index in [-0.39, 0.29) is 29.3 Å². The fraction of sp³-hybridized carbons (Fsp3) is 0.696. The van der Waals surface area contributed by atoms with Crippen molar-refractivity contribution in [1.29, 1.82) is 0 Å². The van der Waals surface area contributed by atoms with Crippen molar-refractivity contribution in [3.8, 4) is 0 Å². The van der Waals surface area contributed by atoms with Crippen LogP contribution in [0.25, 0.3) is 0 Å². The van der Waals surface area contributed by atoms with E-state index >= 15 is 0 Å². The number of allylic oxidation sites excluding steroid dienone is 4. The van der Waals surface area contributed by atoms with Gasteiger partial charge in [-0.2, -0.15) is 0 Å². The van der Waals surface area contributed by atoms with E-state index in [1.54, 1.807) is 12.2 Å². The Labute approximate surface area is 171 Å². The number of hydrogen-bond acceptors (Lipinski definition) is 6. The van der Waals surface area contributed by atoms with Gasteiger partial charge in [-0.05, 0) is 55.1 Å². The fourth-order valence-corrected chi connectivity index (χ4v) is 7.45. The number of carbonyl (C=O) groups excluding carboxylic acids is 3. The van der Waals surface area contributed by atoms with Gasteiger partial charge >= 0.3 is 5.97 Å². The molecule has 158 valence electrons. The van der Waals surface area contributed by atoms with Crippen LogP contribution < -0.4 is 0 Å². The molecule has 0 radical (unpaired) electrons. The van der Waals surface area contributed by atoms with Crippen molar-refractivity contribution in [2.75, 3.05) is 13.7 Å². The maximum absolute atomic E-state index is 12.7. The van der Waals surface area contributed by atoms with Gasteiger partial charge in [0.05, 0.1) is 19.1 Å². The van der Waals surface area contributed by atoms with Crippen LogP contribution >= 0.6 is 0 Å². The molecule has 0 aromatic carbocycles. The van der Waals surface area contributed by atoms with Crippen LogP contribution in [0.5, 0.6) is 0 Å². The van der Waals surface area contributed by atoms with E-state index in [0.717, 1.165) is 18.4 Å². The Balaban J connectivity index is 1.76. The molecule has 0 heterocycles. The Kier molecular flexibility index (Phi) is 4.86. The number of ether oxygens (including phenoxy) is 1. The summed E-state index contributed by atoms with van der Waals surface area (Å²) in [5.74, 6) is -1.86. The molecular formula is C23H30O6. The molecule has 4 aliphatic rings. The molecule has 0 bridgehead atoms. The van der Waals surface area contributed by atoms with E-state index in [2.05, 4.69) is 6.92 Å². The van der Waals surface area contributed by atoms with Crippen LogP contribution in [-0.2, 0) is 19.1 Å². The SMILES string of the molecule is COC(=O)[C@@H]1C[C@H]2[C@@H]3CCC4=CC(=O)C=C[C@]4(C)[C@H]3[C@@H](O)C[C@]2(C)C1C(=O)CO. The van der Waals surface area contributed by atoms with Crippen LogP contribution in [-0.4, -0.2) is 47.6 Å². The Morgan fingerprint density at radius 2 is 2.03 bits per heavy atom. The summed E-state index contributed by atoms with van der Waals surface area (Å²) in [4.78, 5) is 37.1. The van der Waals surface area contributed by atoms with Gasteiger partial charge in [0.25, 0.3) is 0 Å². The molecule has 0 aromatic rings. The molecule has 6 heteroatoms. The first-order chi connectivity index (χ1) is 13.7. The molecule has 0 aliphatic heterocycles. The molecule has 0 amide bonds. The summed E-state index contributed by atoms with van der Waals surface area (Å²) in [6.07, 6.45) is 7.11. The van der Waals surface area contributed by atoms with Crippen molar-refractivity contribution < 1.29 is 29.3 Å². The summed E-state index contributed by atoms with van der Waals surface area (Å²) >= 11 is 0. The Morgan fingerprint density at radius 3 is 2.69 bits per heavy atom.